The molecule has 0 aromatic heterocycles. The van der Waals surface area contributed by atoms with Crippen LogP contribution < -0.4 is 27.4 Å². The Morgan fingerprint density at radius 2 is 1.67 bits per heavy atom. The average molecular weight is 363 g/mol. The number of thiol groups is 1. The molecule has 2 unspecified atom stereocenters. The first-order valence-electron chi connectivity index (χ1n) is 7.44. The molecule has 11 heteroatoms. The second-order valence-electron chi connectivity index (χ2n) is 5.03. The highest BCUT2D eigenvalue weighted by atomic mass is 32.1. The van der Waals surface area contributed by atoms with Crippen molar-refractivity contribution in [1.82, 2.24) is 16.0 Å². The second kappa shape index (κ2) is 12.6. The summed E-state index contributed by atoms with van der Waals surface area (Å²) in [7, 11) is 0. The highest BCUT2D eigenvalue weighted by Gasteiger charge is 2.19. The summed E-state index contributed by atoms with van der Waals surface area (Å²) >= 11 is 3.85. The molecule has 8 N–H and O–H groups in total. The van der Waals surface area contributed by atoms with Crippen LogP contribution in [0, 0.1) is 0 Å². The zero-order chi connectivity index (χ0) is 18.5. The minimum atomic E-state index is -1.15. The summed E-state index contributed by atoms with van der Waals surface area (Å²) in [5.74, 6) is -2.78. The molecule has 0 spiro atoms. The zero-order valence-electron chi connectivity index (χ0n) is 13.3. The van der Waals surface area contributed by atoms with Crippen LogP contribution in [0.25, 0.3) is 0 Å². The molecule has 0 aliphatic carbocycles. The number of carboxylic acid groups (broad SMARTS) is 1. The minimum Gasteiger partial charge on any atom is -0.480 e. The van der Waals surface area contributed by atoms with Crippen molar-refractivity contribution in [2.24, 2.45) is 11.5 Å². The molecule has 0 fully saturated rings. The van der Waals surface area contributed by atoms with E-state index in [-0.39, 0.29) is 18.7 Å². The van der Waals surface area contributed by atoms with Crippen LogP contribution in [0.5, 0.6) is 0 Å². The molecule has 0 aromatic rings. The summed E-state index contributed by atoms with van der Waals surface area (Å²) in [6, 6.07) is -1.86. The van der Waals surface area contributed by atoms with E-state index >= 15 is 0 Å². The number of carbonyl (C=O) groups excluding carboxylic acids is 3. The van der Waals surface area contributed by atoms with Crippen LogP contribution in [0.2, 0.25) is 0 Å². The highest BCUT2D eigenvalue weighted by molar-refractivity contribution is 7.80. The maximum Gasteiger partial charge on any atom is 0.326 e. The smallest absolute Gasteiger partial charge is 0.326 e. The van der Waals surface area contributed by atoms with Crippen molar-refractivity contribution >= 4 is 36.3 Å². The monoisotopic (exact) mass is 363 g/mol. The van der Waals surface area contributed by atoms with Gasteiger partial charge >= 0.3 is 5.97 Å². The summed E-state index contributed by atoms with van der Waals surface area (Å²) < 4.78 is 0. The predicted octanol–water partition coefficient (Wildman–Crippen LogP) is -2.83. The van der Waals surface area contributed by atoms with Gasteiger partial charge in [-0.1, -0.05) is 0 Å². The fourth-order valence-electron chi connectivity index (χ4n) is 1.62. The molecule has 2 atom stereocenters. The standard InChI is InChI=1S/C13H25N5O5S/c14-4-2-1-3-9(13(22)23)18-11(20)6-16-10(19)5-17-12(21)8(15)7-24/h8-9,24H,1-7,14-15H2,(H,16,19)(H,17,21)(H,18,20)(H,22,23). The lowest BCUT2D eigenvalue weighted by molar-refractivity contribution is -0.142. The topological polar surface area (TPSA) is 177 Å². The zero-order valence-corrected chi connectivity index (χ0v) is 14.2. The summed E-state index contributed by atoms with van der Waals surface area (Å²) in [4.78, 5) is 45.5. The highest BCUT2D eigenvalue weighted by Crippen LogP contribution is 2.00. The van der Waals surface area contributed by atoms with Gasteiger partial charge in [-0.3, -0.25) is 14.4 Å². The molecule has 24 heavy (non-hydrogen) atoms. The van der Waals surface area contributed by atoms with E-state index in [1.807, 2.05) is 0 Å². The van der Waals surface area contributed by atoms with E-state index in [1.54, 1.807) is 0 Å². The number of aliphatic carboxylic acids is 1. The fourth-order valence-corrected chi connectivity index (χ4v) is 1.78. The Morgan fingerprint density at radius 3 is 2.21 bits per heavy atom. The number of unbranched alkanes of at least 4 members (excludes halogenated alkanes) is 1. The van der Waals surface area contributed by atoms with Gasteiger partial charge in [0.25, 0.3) is 0 Å². The van der Waals surface area contributed by atoms with Gasteiger partial charge in [-0.25, -0.2) is 4.79 Å². The molecule has 0 radical (unpaired) electrons. The van der Waals surface area contributed by atoms with Crippen molar-refractivity contribution in [1.29, 1.82) is 0 Å². The van der Waals surface area contributed by atoms with Crippen molar-refractivity contribution in [2.75, 3.05) is 25.4 Å². The van der Waals surface area contributed by atoms with Crippen LogP contribution in [0.1, 0.15) is 19.3 Å². The van der Waals surface area contributed by atoms with Crippen molar-refractivity contribution in [3.63, 3.8) is 0 Å². The number of nitrogens with two attached hydrogens (primary N) is 2. The van der Waals surface area contributed by atoms with Gasteiger partial charge in [0.1, 0.15) is 6.04 Å². The molecule has 0 saturated carbocycles. The van der Waals surface area contributed by atoms with E-state index in [1.165, 1.54) is 0 Å². The van der Waals surface area contributed by atoms with Crippen molar-refractivity contribution < 1.29 is 24.3 Å². The van der Waals surface area contributed by atoms with Crippen molar-refractivity contribution in [3.05, 3.63) is 0 Å². The normalized spacial score (nSPS) is 12.8. The number of carboxylic acids is 1. The Bertz CT molecular complexity index is 448. The second-order valence-corrected chi connectivity index (χ2v) is 5.39. The predicted molar refractivity (Wildman–Crippen MR) is 90.3 cm³/mol. The van der Waals surface area contributed by atoms with Gasteiger partial charge in [-0.2, -0.15) is 12.6 Å². The Hall–Kier alpha value is -1.85. The molecule has 0 saturated heterocycles. The first kappa shape index (κ1) is 22.1. The summed E-state index contributed by atoms with van der Waals surface area (Å²) in [5, 5.41) is 15.9. The van der Waals surface area contributed by atoms with E-state index in [4.69, 9.17) is 16.6 Å². The lowest BCUT2D eigenvalue weighted by Gasteiger charge is -2.15. The molecule has 0 aliphatic rings. The van der Waals surface area contributed by atoms with Crippen molar-refractivity contribution in [3.8, 4) is 0 Å². The molecule has 0 aromatic carbocycles. The quantitative estimate of drug-likeness (QED) is 0.144. The number of carbonyl (C=O) groups is 4. The van der Waals surface area contributed by atoms with Gasteiger partial charge < -0.3 is 32.5 Å². The Labute approximate surface area is 145 Å². The first-order valence-corrected chi connectivity index (χ1v) is 8.08. The van der Waals surface area contributed by atoms with Crippen LogP contribution in [-0.4, -0.2) is 66.3 Å². The van der Waals surface area contributed by atoms with Crippen LogP contribution in [0.4, 0.5) is 0 Å². The summed E-state index contributed by atoms with van der Waals surface area (Å²) in [5.41, 5.74) is 10.7. The largest absolute Gasteiger partial charge is 0.480 e. The van der Waals surface area contributed by atoms with E-state index in [2.05, 4.69) is 28.6 Å². The Kier molecular flexibility index (Phi) is 11.6. The third-order valence-electron chi connectivity index (χ3n) is 2.98. The maximum absolute atomic E-state index is 11.7. The van der Waals surface area contributed by atoms with Crippen LogP contribution in [0.15, 0.2) is 0 Å². The molecule has 0 bridgehead atoms. The minimum absolute atomic E-state index is 0.136. The number of amides is 3. The van der Waals surface area contributed by atoms with Gasteiger partial charge in [0.2, 0.25) is 17.7 Å². The molecule has 0 rings (SSSR count). The number of nitrogens with one attached hydrogen (secondary N) is 3. The third kappa shape index (κ3) is 10.0. The first-order chi connectivity index (χ1) is 11.3. The molecule has 3 amide bonds. The van der Waals surface area contributed by atoms with Gasteiger partial charge in [0.15, 0.2) is 0 Å². The summed E-state index contributed by atoms with van der Waals surface area (Å²) in [6.07, 6.45) is 1.48. The maximum atomic E-state index is 11.7. The Morgan fingerprint density at radius 1 is 1.04 bits per heavy atom. The number of hydrogen-bond acceptors (Lipinski definition) is 7. The SMILES string of the molecule is NCCCCC(NC(=O)CNC(=O)CNC(=O)C(N)CS)C(=O)O. The van der Waals surface area contributed by atoms with E-state index < -0.39 is 42.3 Å². The lowest BCUT2D eigenvalue weighted by Crippen LogP contribution is -2.48. The van der Waals surface area contributed by atoms with E-state index in [9.17, 15) is 19.2 Å². The van der Waals surface area contributed by atoms with Gasteiger partial charge in [0, 0.05) is 5.75 Å². The van der Waals surface area contributed by atoms with Gasteiger partial charge in [-0.05, 0) is 25.8 Å². The van der Waals surface area contributed by atoms with Crippen LogP contribution in [0.3, 0.4) is 0 Å². The molecule has 0 heterocycles. The molecule has 10 nitrogen and oxygen atoms in total. The lowest BCUT2D eigenvalue weighted by atomic mass is 10.1. The molecular formula is C13H25N5O5S. The van der Waals surface area contributed by atoms with E-state index in [0.717, 1.165) is 0 Å². The Balaban J connectivity index is 4.11. The van der Waals surface area contributed by atoms with E-state index in [0.29, 0.717) is 19.4 Å². The number of hydrogen-bond donors (Lipinski definition) is 7. The summed E-state index contributed by atoms with van der Waals surface area (Å²) in [6.45, 7) is -0.292. The fraction of sp³-hybridized carbons (Fsp3) is 0.692. The van der Waals surface area contributed by atoms with Gasteiger partial charge in [0.05, 0.1) is 19.1 Å². The van der Waals surface area contributed by atoms with Crippen LogP contribution in [-0.2, 0) is 19.2 Å². The molecule has 138 valence electrons. The van der Waals surface area contributed by atoms with Crippen molar-refractivity contribution in [2.45, 2.75) is 31.3 Å². The molecular weight excluding hydrogens is 338 g/mol. The number of rotatable bonds is 12. The van der Waals surface area contributed by atoms with Gasteiger partial charge in [-0.15, -0.1) is 0 Å². The third-order valence-corrected chi connectivity index (χ3v) is 3.38. The average Bonchev–Trinajstić information content (AvgIpc) is 2.55. The van der Waals surface area contributed by atoms with Crippen LogP contribution >= 0.6 is 12.6 Å². The molecule has 0 aliphatic heterocycles.